The first-order valence-corrected chi connectivity index (χ1v) is 11.0. The van der Waals surface area contributed by atoms with Crippen LogP contribution in [-0.2, 0) is 0 Å². The van der Waals surface area contributed by atoms with E-state index in [0.717, 1.165) is 28.3 Å². The van der Waals surface area contributed by atoms with E-state index in [0.29, 0.717) is 17.4 Å². The molecule has 0 aliphatic carbocycles. The highest BCUT2D eigenvalue weighted by atomic mass is 32.2. The molecular formula is C25H22N4O2S. The van der Waals surface area contributed by atoms with Crippen LogP contribution in [0.25, 0.3) is 22.5 Å². The summed E-state index contributed by atoms with van der Waals surface area (Å²) in [5, 5.41) is 3.20. The third-order valence-electron chi connectivity index (χ3n) is 4.68. The Morgan fingerprint density at radius 1 is 0.844 bits per heavy atom. The van der Waals surface area contributed by atoms with Crippen LogP contribution in [-0.4, -0.2) is 28.9 Å². The number of methoxy groups -OCH3 is 1. The van der Waals surface area contributed by atoms with Crippen molar-refractivity contribution in [2.75, 3.05) is 18.3 Å². The normalized spacial score (nSPS) is 10.4. The number of hydrogen-bond donors (Lipinski definition) is 2. The highest BCUT2D eigenvalue weighted by molar-refractivity contribution is 7.98. The number of rotatable bonds is 8. The van der Waals surface area contributed by atoms with Crippen LogP contribution in [0.5, 0.6) is 5.75 Å². The van der Waals surface area contributed by atoms with Gasteiger partial charge in [-0.2, -0.15) is 0 Å². The number of benzene rings is 3. The number of nitrogens with zero attached hydrogens (tertiary/aromatic N) is 2. The van der Waals surface area contributed by atoms with Crippen LogP contribution in [0.2, 0.25) is 0 Å². The zero-order valence-corrected chi connectivity index (χ0v) is 18.3. The predicted octanol–water partition coefficient (Wildman–Crippen LogP) is 5.27. The molecule has 7 heteroatoms. The molecule has 160 valence electrons. The molecule has 0 aliphatic rings. The van der Waals surface area contributed by atoms with Crippen molar-refractivity contribution in [2.45, 2.75) is 0 Å². The molecule has 0 spiro atoms. The molecule has 2 N–H and O–H groups in total. The second kappa shape index (κ2) is 10.5. The predicted molar refractivity (Wildman–Crippen MR) is 129 cm³/mol. The third kappa shape index (κ3) is 5.44. The van der Waals surface area contributed by atoms with Crippen molar-refractivity contribution in [2.24, 2.45) is 0 Å². The van der Waals surface area contributed by atoms with Crippen LogP contribution in [0.1, 0.15) is 10.4 Å². The summed E-state index contributed by atoms with van der Waals surface area (Å²) >= 11 is 1.25. The quantitative estimate of drug-likeness (QED) is 0.220. The summed E-state index contributed by atoms with van der Waals surface area (Å²) in [5.74, 6) is 1.54. The van der Waals surface area contributed by atoms with E-state index in [1.165, 1.54) is 11.9 Å². The lowest BCUT2D eigenvalue weighted by molar-refractivity contribution is 0.0984. The molecule has 0 aliphatic heterocycles. The molecule has 4 rings (SSSR count). The number of carbonyl (C=O) groups is 1. The first kappa shape index (κ1) is 21.4. The van der Waals surface area contributed by atoms with Crippen LogP contribution in [0, 0.1) is 0 Å². The van der Waals surface area contributed by atoms with E-state index in [9.17, 15) is 4.79 Å². The fourth-order valence-electron chi connectivity index (χ4n) is 3.04. The Bertz CT molecular complexity index is 1170. The molecule has 1 aromatic heterocycles. The molecule has 32 heavy (non-hydrogen) atoms. The largest absolute Gasteiger partial charge is 0.497 e. The Hall–Kier alpha value is -3.84. The van der Waals surface area contributed by atoms with Gasteiger partial charge < -0.3 is 10.1 Å². The van der Waals surface area contributed by atoms with Gasteiger partial charge in [-0.1, -0.05) is 48.5 Å². The fraction of sp³-hybridized carbons (Fsp3) is 0.0800. The number of aromatic nitrogens is 2. The first-order chi connectivity index (χ1) is 15.7. The van der Waals surface area contributed by atoms with Crippen molar-refractivity contribution in [3.63, 3.8) is 0 Å². The Kier molecular flexibility index (Phi) is 6.99. The summed E-state index contributed by atoms with van der Waals surface area (Å²) in [7, 11) is 1.64. The Morgan fingerprint density at radius 2 is 1.44 bits per heavy atom. The zero-order chi connectivity index (χ0) is 22.2. The molecule has 0 atom stereocenters. The van der Waals surface area contributed by atoms with Gasteiger partial charge in [0, 0.05) is 16.7 Å². The summed E-state index contributed by atoms with van der Waals surface area (Å²) in [6.07, 6.45) is 0. The van der Waals surface area contributed by atoms with E-state index in [2.05, 4.69) is 20.0 Å². The van der Waals surface area contributed by atoms with Gasteiger partial charge in [0.2, 0.25) is 5.95 Å². The van der Waals surface area contributed by atoms with Gasteiger partial charge in [0.25, 0.3) is 5.91 Å². The van der Waals surface area contributed by atoms with Crippen molar-refractivity contribution < 1.29 is 9.53 Å². The smallest absolute Gasteiger partial charge is 0.261 e. The average Bonchev–Trinajstić information content (AvgIpc) is 2.87. The summed E-state index contributed by atoms with van der Waals surface area (Å²) in [6, 6.07) is 28.8. The summed E-state index contributed by atoms with van der Waals surface area (Å²) in [4.78, 5) is 21.5. The monoisotopic (exact) mass is 442 g/mol. The van der Waals surface area contributed by atoms with Gasteiger partial charge >= 0.3 is 0 Å². The van der Waals surface area contributed by atoms with Crippen LogP contribution < -0.4 is 14.8 Å². The van der Waals surface area contributed by atoms with E-state index >= 15 is 0 Å². The Balaban J connectivity index is 1.50. The minimum atomic E-state index is -0.143. The average molecular weight is 443 g/mol. The maximum absolute atomic E-state index is 12.2. The Morgan fingerprint density at radius 3 is 2.06 bits per heavy atom. The van der Waals surface area contributed by atoms with Crippen LogP contribution in [0.4, 0.5) is 5.95 Å². The minimum absolute atomic E-state index is 0.143. The first-order valence-electron chi connectivity index (χ1n) is 10.0. The van der Waals surface area contributed by atoms with E-state index in [4.69, 9.17) is 4.74 Å². The third-order valence-corrected chi connectivity index (χ3v) is 5.30. The lowest BCUT2D eigenvalue weighted by Crippen LogP contribution is -2.18. The number of hydrogen-bond acceptors (Lipinski definition) is 6. The molecule has 6 nitrogen and oxygen atoms in total. The Labute approximate surface area is 191 Å². The maximum Gasteiger partial charge on any atom is 0.261 e. The van der Waals surface area contributed by atoms with Crippen LogP contribution in [0.3, 0.4) is 0 Å². The van der Waals surface area contributed by atoms with E-state index in [-0.39, 0.29) is 5.91 Å². The lowest BCUT2D eigenvalue weighted by Gasteiger charge is -2.11. The molecule has 0 radical (unpaired) electrons. The van der Waals surface area contributed by atoms with E-state index < -0.39 is 0 Å². The zero-order valence-electron chi connectivity index (χ0n) is 17.5. The van der Waals surface area contributed by atoms with E-state index in [1.807, 2.05) is 78.9 Å². The second-order valence-corrected chi connectivity index (χ2v) is 7.60. The van der Waals surface area contributed by atoms with Crippen molar-refractivity contribution in [3.05, 3.63) is 96.6 Å². The number of carbonyl (C=O) groups excluding carboxylic acids is 1. The van der Waals surface area contributed by atoms with Gasteiger partial charge in [0.1, 0.15) is 5.75 Å². The standard InChI is InChI=1S/C25H22N4O2S/c1-31-21-14-12-19(13-15-21)23-16-22(18-8-4-2-5-9-18)27-25(28-23)26-17-32-29-24(30)20-10-6-3-7-11-20/h2-16H,17H2,1H3,(H,29,30)(H,26,27,28). The van der Waals surface area contributed by atoms with Gasteiger partial charge in [-0.15, -0.1) is 0 Å². The highest BCUT2D eigenvalue weighted by Crippen LogP contribution is 2.26. The molecule has 0 saturated heterocycles. The van der Waals surface area contributed by atoms with Crippen LogP contribution in [0.15, 0.2) is 91.0 Å². The molecule has 3 aromatic carbocycles. The van der Waals surface area contributed by atoms with Gasteiger partial charge in [-0.05, 0) is 54.4 Å². The van der Waals surface area contributed by atoms with Crippen molar-refractivity contribution in [1.29, 1.82) is 0 Å². The van der Waals surface area contributed by atoms with Gasteiger partial charge in [-0.3, -0.25) is 9.52 Å². The summed E-state index contributed by atoms with van der Waals surface area (Å²) in [6.45, 7) is 0. The number of ether oxygens (including phenoxy) is 1. The van der Waals surface area contributed by atoms with Crippen molar-refractivity contribution in [3.8, 4) is 28.3 Å². The van der Waals surface area contributed by atoms with Gasteiger partial charge in [0.05, 0.1) is 24.4 Å². The highest BCUT2D eigenvalue weighted by Gasteiger charge is 2.10. The molecule has 1 amide bonds. The lowest BCUT2D eigenvalue weighted by atomic mass is 10.1. The summed E-state index contributed by atoms with van der Waals surface area (Å²) < 4.78 is 8.08. The minimum Gasteiger partial charge on any atom is -0.497 e. The maximum atomic E-state index is 12.2. The molecule has 0 unspecified atom stereocenters. The topological polar surface area (TPSA) is 76.1 Å². The van der Waals surface area contributed by atoms with Gasteiger partial charge in [0.15, 0.2) is 0 Å². The molecule has 1 heterocycles. The SMILES string of the molecule is COc1ccc(-c2cc(-c3ccccc3)nc(NCSNC(=O)c3ccccc3)n2)cc1. The van der Waals surface area contributed by atoms with Crippen molar-refractivity contribution >= 4 is 23.8 Å². The van der Waals surface area contributed by atoms with Gasteiger partial charge in [-0.25, -0.2) is 9.97 Å². The van der Waals surface area contributed by atoms with Crippen molar-refractivity contribution in [1.82, 2.24) is 14.7 Å². The number of nitrogens with one attached hydrogen (secondary N) is 2. The molecular weight excluding hydrogens is 420 g/mol. The van der Waals surface area contributed by atoms with E-state index in [1.54, 1.807) is 19.2 Å². The molecule has 0 saturated carbocycles. The molecule has 0 fully saturated rings. The fourth-order valence-corrected chi connectivity index (χ4v) is 3.57. The number of amides is 1. The number of anilines is 1. The molecule has 4 aromatic rings. The molecule has 0 bridgehead atoms. The second-order valence-electron chi connectivity index (χ2n) is 6.82. The summed E-state index contributed by atoms with van der Waals surface area (Å²) in [5.41, 5.74) is 4.18. The van der Waals surface area contributed by atoms with Crippen LogP contribution >= 0.6 is 11.9 Å².